The van der Waals surface area contributed by atoms with E-state index in [9.17, 15) is 14.0 Å². The van der Waals surface area contributed by atoms with Gasteiger partial charge in [0.25, 0.3) is 5.91 Å². The number of carbonyl (C=O) groups is 2. The third-order valence-electron chi connectivity index (χ3n) is 5.35. The Bertz CT molecular complexity index is 1490. The van der Waals surface area contributed by atoms with Crippen LogP contribution in [0.4, 0.5) is 15.1 Å². The second kappa shape index (κ2) is 10.1. The molecule has 0 saturated heterocycles. The molecule has 9 heteroatoms. The number of halogens is 1. The number of nitrogens with one attached hydrogen (secondary N) is 1. The molecule has 0 aliphatic carbocycles. The lowest BCUT2D eigenvalue weighted by Gasteiger charge is -2.08. The molecule has 0 saturated carbocycles. The number of nitrogens with zero attached hydrogens (tertiary/aromatic N) is 1. The molecule has 0 bridgehead atoms. The van der Waals surface area contributed by atoms with E-state index in [0.717, 1.165) is 10.4 Å². The number of carbonyl (C=O) groups excluding carboxylic acids is 2. The second-order valence-electron chi connectivity index (χ2n) is 7.63. The number of aryl methyl sites for hydroxylation is 1. The molecule has 0 fully saturated rings. The van der Waals surface area contributed by atoms with Crippen molar-refractivity contribution in [2.75, 3.05) is 19.0 Å². The van der Waals surface area contributed by atoms with Crippen molar-refractivity contribution in [2.45, 2.75) is 20.8 Å². The molecular weight excluding hydrogens is 471 g/mol. The molecule has 4 rings (SSSR count). The van der Waals surface area contributed by atoms with Crippen LogP contribution in [-0.4, -0.2) is 25.6 Å². The maximum Gasteiger partial charge on any atom is 0.341 e. The van der Waals surface area contributed by atoms with Crippen LogP contribution in [0.3, 0.4) is 0 Å². The number of thiophene rings is 1. The van der Waals surface area contributed by atoms with Crippen LogP contribution in [0.25, 0.3) is 11.0 Å². The van der Waals surface area contributed by atoms with E-state index in [2.05, 4.69) is 10.3 Å². The largest absolute Gasteiger partial charge is 0.497 e. The number of benzene rings is 2. The maximum absolute atomic E-state index is 13.3. The minimum atomic E-state index is -0.508. The molecule has 0 atom stereocenters. The Labute approximate surface area is 204 Å². The number of hydrogen-bond donors (Lipinski definition) is 1. The second-order valence-corrected chi connectivity index (χ2v) is 8.83. The van der Waals surface area contributed by atoms with Crippen molar-refractivity contribution in [3.8, 4) is 5.75 Å². The average Bonchev–Trinajstić information content (AvgIpc) is 3.12. The lowest BCUT2D eigenvalue weighted by Crippen LogP contribution is -2.21. The van der Waals surface area contributed by atoms with Gasteiger partial charge in [0, 0.05) is 16.0 Å². The summed E-state index contributed by atoms with van der Waals surface area (Å²) in [7, 11) is 1.54. The molecule has 0 aliphatic heterocycles. The number of amides is 1. The Kier molecular flexibility index (Phi) is 6.97. The summed E-state index contributed by atoms with van der Waals surface area (Å²) in [6, 6.07) is 12.2. The van der Waals surface area contributed by atoms with Crippen molar-refractivity contribution < 1.29 is 27.9 Å². The van der Waals surface area contributed by atoms with Crippen LogP contribution in [-0.2, 0) is 4.74 Å². The van der Waals surface area contributed by atoms with Crippen molar-refractivity contribution in [1.82, 2.24) is 0 Å². The zero-order valence-corrected chi connectivity index (χ0v) is 20.4. The fourth-order valence-electron chi connectivity index (χ4n) is 3.44. The minimum absolute atomic E-state index is 0.0223. The van der Waals surface area contributed by atoms with Crippen LogP contribution >= 0.6 is 11.3 Å². The van der Waals surface area contributed by atoms with Gasteiger partial charge < -0.3 is 19.2 Å². The Morgan fingerprint density at radius 3 is 2.54 bits per heavy atom. The molecule has 2 aromatic heterocycles. The highest BCUT2D eigenvalue weighted by molar-refractivity contribution is 7.16. The van der Waals surface area contributed by atoms with Gasteiger partial charge in [0.15, 0.2) is 0 Å². The summed E-state index contributed by atoms with van der Waals surface area (Å²) < 4.78 is 29.8. The van der Waals surface area contributed by atoms with Crippen LogP contribution in [0.1, 0.15) is 38.1 Å². The first-order valence-electron chi connectivity index (χ1n) is 10.8. The molecule has 0 unspecified atom stereocenters. The molecule has 7 nitrogen and oxygen atoms in total. The summed E-state index contributed by atoms with van der Waals surface area (Å²) in [5, 5.41) is 3.74. The predicted octanol–water partition coefficient (Wildman–Crippen LogP) is 5.92. The summed E-state index contributed by atoms with van der Waals surface area (Å²) in [4.78, 5) is 31.4. The monoisotopic (exact) mass is 494 g/mol. The van der Waals surface area contributed by atoms with Crippen LogP contribution < -0.4 is 15.6 Å². The van der Waals surface area contributed by atoms with Crippen molar-refractivity contribution >= 4 is 44.9 Å². The van der Waals surface area contributed by atoms with Crippen LogP contribution in [0, 0.1) is 19.7 Å². The first-order chi connectivity index (χ1) is 16.8. The Morgan fingerprint density at radius 1 is 1.11 bits per heavy atom. The van der Waals surface area contributed by atoms with Gasteiger partial charge in [0.05, 0.1) is 19.3 Å². The fraction of sp³-hybridized carbons (Fsp3) is 0.192. The van der Waals surface area contributed by atoms with E-state index in [-0.39, 0.29) is 17.7 Å². The molecule has 1 amide bonds. The van der Waals surface area contributed by atoms with E-state index in [1.54, 1.807) is 38.3 Å². The van der Waals surface area contributed by atoms with Gasteiger partial charge >= 0.3 is 5.97 Å². The lowest BCUT2D eigenvalue weighted by molar-refractivity contribution is 0.0527. The summed E-state index contributed by atoms with van der Waals surface area (Å²) >= 11 is 1.31. The minimum Gasteiger partial charge on any atom is -0.497 e. The van der Waals surface area contributed by atoms with Gasteiger partial charge in [0.2, 0.25) is 5.55 Å². The van der Waals surface area contributed by atoms with E-state index >= 15 is 0 Å². The summed E-state index contributed by atoms with van der Waals surface area (Å²) in [5.74, 6) is -0.819. The van der Waals surface area contributed by atoms with E-state index in [4.69, 9.17) is 13.9 Å². The van der Waals surface area contributed by atoms with E-state index in [0.29, 0.717) is 33.0 Å². The van der Waals surface area contributed by atoms with Crippen LogP contribution in [0.2, 0.25) is 0 Å². The average molecular weight is 495 g/mol. The summed E-state index contributed by atoms with van der Waals surface area (Å²) in [6.07, 6.45) is 0. The molecule has 4 aromatic rings. The van der Waals surface area contributed by atoms with E-state index in [1.807, 2.05) is 13.8 Å². The molecule has 2 heterocycles. The third-order valence-corrected chi connectivity index (χ3v) is 6.45. The maximum atomic E-state index is 13.3. The number of hydrogen-bond acceptors (Lipinski definition) is 7. The van der Waals surface area contributed by atoms with Crippen molar-refractivity contribution in [3.63, 3.8) is 0 Å². The summed E-state index contributed by atoms with van der Waals surface area (Å²) in [5.41, 5.74) is 2.13. The summed E-state index contributed by atoms with van der Waals surface area (Å²) in [6.45, 7) is 5.66. The number of methoxy groups -OCH3 is 1. The van der Waals surface area contributed by atoms with Crippen molar-refractivity contribution in [3.05, 3.63) is 81.5 Å². The normalized spacial score (nSPS) is 11.5. The Balaban J connectivity index is 1.90. The molecule has 0 aliphatic rings. The highest BCUT2D eigenvalue weighted by atomic mass is 32.1. The lowest BCUT2D eigenvalue weighted by atomic mass is 10.1. The number of rotatable bonds is 6. The molecule has 0 spiro atoms. The van der Waals surface area contributed by atoms with Gasteiger partial charge in [0.1, 0.15) is 27.7 Å². The SMILES string of the molecule is CCOC(=O)c1c(/N=c2\oc3ccc(OC)cc3cc2C(=O)Nc2ccc(F)cc2)sc(C)c1C. The van der Waals surface area contributed by atoms with Gasteiger partial charge in [-0.15, -0.1) is 11.3 Å². The first kappa shape index (κ1) is 24.2. The third kappa shape index (κ3) is 5.09. The molecule has 0 radical (unpaired) electrons. The van der Waals surface area contributed by atoms with E-state index < -0.39 is 17.7 Å². The van der Waals surface area contributed by atoms with Crippen molar-refractivity contribution in [1.29, 1.82) is 0 Å². The van der Waals surface area contributed by atoms with Gasteiger partial charge in [-0.05, 0) is 74.9 Å². The number of anilines is 1. The number of esters is 1. The standard InChI is InChI=1S/C26H23FN2O5S/c1-5-33-26(31)22-14(2)15(3)35-25(22)29-24-20(23(30)28-18-8-6-17(27)7-9-18)13-16-12-19(32-4)10-11-21(16)34-24/h6-13H,5H2,1-4H3,(H,28,30)/b29-24-. The quantitative estimate of drug-likeness (QED) is 0.336. The molecule has 180 valence electrons. The van der Waals surface area contributed by atoms with Crippen molar-refractivity contribution in [2.24, 2.45) is 4.99 Å². The van der Waals surface area contributed by atoms with Gasteiger partial charge in [-0.3, -0.25) is 4.79 Å². The topological polar surface area (TPSA) is 90.1 Å². The van der Waals surface area contributed by atoms with Gasteiger partial charge in [-0.1, -0.05) is 0 Å². The Hall–Kier alpha value is -3.98. The van der Waals surface area contributed by atoms with Gasteiger partial charge in [-0.25, -0.2) is 14.2 Å². The molecule has 1 N–H and O–H groups in total. The Morgan fingerprint density at radius 2 is 1.86 bits per heavy atom. The fourth-order valence-corrected chi connectivity index (χ4v) is 4.45. The number of fused-ring (bicyclic) bond motifs is 1. The molecular formula is C26H23FN2O5S. The predicted molar refractivity (Wildman–Crippen MR) is 132 cm³/mol. The first-order valence-corrected chi connectivity index (χ1v) is 11.6. The zero-order valence-electron chi connectivity index (χ0n) is 19.6. The zero-order chi connectivity index (χ0) is 25.1. The van der Waals surface area contributed by atoms with Crippen LogP contribution in [0.15, 0.2) is 57.9 Å². The molecule has 2 aromatic carbocycles. The molecule has 35 heavy (non-hydrogen) atoms. The highest BCUT2D eigenvalue weighted by Crippen LogP contribution is 2.35. The number of ether oxygens (including phenoxy) is 2. The van der Waals surface area contributed by atoms with E-state index in [1.165, 1.54) is 35.6 Å². The highest BCUT2D eigenvalue weighted by Gasteiger charge is 2.22. The van der Waals surface area contributed by atoms with Gasteiger partial charge in [-0.2, -0.15) is 0 Å². The van der Waals surface area contributed by atoms with Crippen LogP contribution in [0.5, 0.6) is 5.75 Å². The smallest absolute Gasteiger partial charge is 0.341 e.